The van der Waals surface area contributed by atoms with Crippen molar-refractivity contribution in [2.75, 3.05) is 35.7 Å². The number of benzene rings is 1. The van der Waals surface area contributed by atoms with Gasteiger partial charge in [-0.05, 0) is 31.0 Å². The summed E-state index contributed by atoms with van der Waals surface area (Å²) in [4.78, 5) is 37.9. The van der Waals surface area contributed by atoms with Gasteiger partial charge in [0.25, 0.3) is 5.91 Å². The Labute approximate surface area is 190 Å². The molecule has 2 aromatic rings. The van der Waals surface area contributed by atoms with E-state index in [1.165, 1.54) is 0 Å². The van der Waals surface area contributed by atoms with Crippen LogP contribution < -0.4 is 15.5 Å². The lowest BCUT2D eigenvalue weighted by molar-refractivity contribution is -0.118. The zero-order chi connectivity index (χ0) is 22.4. The minimum atomic E-state index is -0.295. The lowest BCUT2D eigenvalue weighted by Gasteiger charge is -2.40. The van der Waals surface area contributed by atoms with Gasteiger partial charge in [-0.15, -0.1) is 0 Å². The number of nitrogens with zero attached hydrogens (tertiary/aromatic N) is 4. The molecule has 164 valence electrons. The largest absolute Gasteiger partial charge is 0.348 e. The first kappa shape index (κ1) is 21.6. The Morgan fingerprint density at radius 3 is 2.45 bits per heavy atom. The van der Waals surface area contributed by atoms with Crippen molar-refractivity contribution < 1.29 is 9.59 Å². The fourth-order valence-corrected chi connectivity index (χ4v) is 4.58. The number of anilines is 3. The van der Waals surface area contributed by atoms with E-state index in [-0.39, 0.29) is 29.8 Å². The molecule has 0 aliphatic carbocycles. The summed E-state index contributed by atoms with van der Waals surface area (Å²) in [7, 11) is 1.87. The molecule has 1 aromatic carbocycles. The quantitative estimate of drug-likeness (QED) is 0.722. The van der Waals surface area contributed by atoms with Crippen molar-refractivity contribution in [2.45, 2.75) is 32.9 Å². The third-order valence-corrected chi connectivity index (χ3v) is 6.02. The van der Waals surface area contributed by atoms with Crippen LogP contribution in [0.2, 0.25) is 10.0 Å². The molecule has 1 fully saturated rings. The number of hydrogen-bond donors (Lipinski definition) is 2. The van der Waals surface area contributed by atoms with E-state index in [4.69, 9.17) is 23.2 Å². The van der Waals surface area contributed by atoms with Gasteiger partial charge in [0, 0.05) is 35.7 Å². The number of likely N-dealkylation sites (N-methyl/N-ethyl adjacent to an activating group) is 1. The molecular weight excluding hydrogens is 439 g/mol. The topological polar surface area (TPSA) is 90.5 Å². The molecule has 2 N–H and O–H groups in total. The van der Waals surface area contributed by atoms with Crippen LogP contribution in [-0.4, -0.2) is 58.9 Å². The Morgan fingerprint density at radius 2 is 1.84 bits per heavy atom. The number of fused-ring (bicyclic) bond motifs is 1. The number of rotatable bonds is 4. The lowest BCUT2D eigenvalue weighted by Crippen LogP contribution is -2.57. The number of amides is 2. The fourth-order valence-electron chi connectivity index (χ4n) is 4.06. The van der Waals surface area contributed by atoms with Gasteiger partial charge in [-0.3, -0.25) is 9.59 Å². The highest BCUT2D eigenvalue weighted by Gasteiger charge is 2.36. The summed E-state index contributed by atoms with van der Waals surface area (Å²) < 4.78 is 0. The molecule has 0 unspecified atom stereocenters. The molecule has 0 spiro atoms. The Bertz CT molecular complexity index is 1030. The molecule has 1 saturated heterocycles. The monoisotopic (exact) mass is 462 g/mol. The maximum absolute atomic E-state index is 12.7. The molecule has 31 heavy (non-hydrogen) atoms. The van der Waals surface area contributed by atoms with Gasteiger partial charge in [0.15, 0.2) is 5.82 Å². The fraction of sp³-hybridized carbons (Fsp3) is 0.429. The maximum atomic E-state index is 12.7. The zero-order valence-electron chi connectivity index (χ0n) is 17.7. The number of aromatic nitrogens is 2. The molecule has 10 heteroatoms. The molecule has 3 heterocycles. The van der Waals surface area contributed by atoms with Crippen molar-refractivity contribution in [3.05, 3.63) is 39.5 Å². The van der Waals surface area contributed by atoms with Crippen LogP contribution in [0.25, 0.3) is 0 Å². The van der Waals surface area contributed by atoms with Crippen molar-refractivity contribution in [1.82, 2.24) is 14.9 Å². The summed E-state index contributed by atoms with van der Waals surface area (Å²) in [6.45, 7) is 6.89. The van der Waals surface area contributed by atoms with E-state index in [9.17, 15) is 9.59 Å². The van der Waals surface area contributed by atoms with E-state index >= 15 is 0 Å². The summed E-state index contributed by atoms with van der Waals surface area (Å²) in [6.07, 6.45) is 0. The number of likely N-dealkylation sites (tertiary alicyclic amines) is 1. The maximum Gasteiger partial charge on any atom is 0.254 e. The van der Waals surface area contributed by atoms with Gasteiger partial charge in [-0.1, -0.05) is 37.0 Å². The average molecular weight is 463 g/mol. The van der Waals surface area contributed by atoms with Gasteiger partial charge in [-0.2, -0.15) is 4.98 Å². The summed E-state index contributed by atoms with van der Waals surface area (Å²) in [5.74, 6) is 1.13. The number of halogens is 2. The number of carbonyl (C=O) groups is 2. The first-order valence-electron chi connectivity index (χ1n) is 10.1. The van der Waals surface area contributed by atoms with Crippen LogP contribution in [0, 0.1) is 12.8 Å². The van der Waals surface area contributed by atoms with Gasteiger partial charge in [0.1, 0.15) is 11.7 Å². The van der Waals surface area contributed by atoms with Crippen LogP contribution in [-0.2, 0) is 4.79 Å². The van der Waals surface area contributed by atoms with E-state index < -0.39 is 0 Å². The van der Waals surface area contributed by atoms with E-state index in [2.05, 4.69) is 20.6 Å². The Morgan fingerprint density at radius 1 is 1.19 bits per heavy atom. The number of hydrogen-bond acceptors (Lipinski definition) is 6. The Hall–Kier alpha value is -2.58. The summed E-state index contributed by atoms with van der Waals surface area (Å²) in [5.41, 5.74) is 1.79. The molecule has 0 bridgehead atoms. The molecule has 0 radical (unpaired) electrons. The molecular formula is C21H24Cl2N6O2. The molecule has 2 amide bonds. The van der Waals surface area contributed by atoms with Crippen molar-refractivity contribution in [1.29, 1.82) is 0 Å². The second kappa shape index (κ2) is 8.16. The highest BCUT2D eigenvalue weighted by molar-refractivity contribution is 6.35. The third kappa shape index (κ3) is 4.14. The van der Waals surface area contributed by atoms with Crippen LogP contribution in [0.4, 0.5) is 17.5 Å². The molecule has 2 aliphatic rings. The van der Waals surface area contributed by atoms with Crippen molar-refractivity contribution in [3.63, 3.8) is 0 Å². The highest BCUT2D eigenvalue weighted by Crippen LogP contribution is 2.34. The van der Waals surface area contributed by atoms with E-state index in [1.54, 1.807) is 23.1 Å². The van der Waals surface area contributed by atoms with Crippen molar-refractivity contribution >= 4 is 52.5 Å². The van der Waals surface area contributed by atoms with Gasteiger partial charge < -0.3 is 20.4 Å². The normalized spacial score (nSPS) is 18.5. The summed E-state index contributed by atoms with van der Waals surface area (Å²) >= 11 is 12.0. The zero-order valence-corrected chi connectivity index (χ0v) is 19.3. The second-order valence-corrected chi connectivity index (χ2v) is 9.20. The standard InChI is InChI=1S/C21H24Cl2N6O2/c1-10(2)17-19(30)26-16-11(3)24-21(27-18(16)28(17)4)25-15-8-29(9-15)20(31)12-5-13(22)7-14(23)6-12/h5-7,10,15,17H,8-9H2,1-4H3,(H,26,30)(H,24,25,27)/t17-/m0/s1. The van der Waals surface area contributed by atoms with Gasteiger partial charge in [-0.25, -0.2) is 4.98 Å². The van der Waals surface area contributed by atoms with Gasteiger partial charge in [0.05, 0.1) is 11.7 Å². The molecule has 2 aliphatic heterocycles. The highest BCUT2D eigenvalue weighted by atomic mass is 35.5. The van der Waals surface area contributed by atoms with Crippen LogP contribution in [0.1, 0.15) is 29.9 Å². The number of aryl methyl sites for hydroxylation is 1. The van der Waals surface area contributed by atoms with Crippen molar-refractivity contribution in [3.8, 4) is 0 Å². The number of carbonyl (C=O) groups excluding carboxylic acids is 2. The van der Waals surface area contributed by atoms with E-state index in [0.29, 0.717) is 51.8 Å². The predicted molar refractivity (Wildman–Crippen MR) is 122 cm³/mol. The minimum Gasteiger partial charge on any atom is -0.348 e. The average Bonchev–Trinajstić information content (AvgIpc) is 2.64. The molecule has 8 nitrogen and oxygen atoms in total. The molecule has 0 saturated carbocycles. The van der Waals surface area contributed by atoms with Gasteiger partial charge >= 0.3 is 0 Å². The molecule has 1 aromatic heterocycles. The van der Waals surface area contributed by atoms with Crippen LogP contribution in [0.15, 0.2) is 18.2 Å². The first-order chi connectivity index (χ1) is 14.6. The second-order valence-electron chi connectivity index (χ2n) is 8.33. The van der Waals surface area contributed by atoms with Gasteiger partial charge in [0.2, 0.25) is 11.9 Å². The van der Waals surface area contributed by atoms with Crippen LogP contribution in [0.5, 0.6) is 0 Å². The van der Waals surface area contributed by atoms with Crippen LogP contribution >= 0.6 is 23.2 Å². The molecule has 4 rings (SSSR count). The Kier molecular flexibility index (Phi) is 5.70. The Balaban J connectivity index is 1.45. The SMILES string of the molecule is Cc1nc(NC2CN(C(=O)c3cc(Cl)cc(Cl)c3)C2)nc2c1NC(=O)[C@H](C(C)C)N2C. The summed E-state index contributed by atoms with van der Waals surface area (Å²) in [6, 6.07) is 4.56. The first-order valence-corrected chi connectivity index (χ1v) is 10.8. The smallest absolute Gasteiger partial charge is 0.254 e. The summed E-state index contributed by atoms with van der Waals surface area (Å²) in [5, 5.41) is 7.10. The van der Waals surface area contributed by atoms with E-state index in [1.807, 2.05) is 32.7 Å². The predicted octanol–water partition coefficient (Wildman–Crippen LogP) is 3.44. The van der Waals surface area contributed by atoms with E-state index in [0.717, 1.165) is 0 Å². The van der Waals surface area contributed by atoms with Crippen LogP contribution in [0.3, 0.4) is 0 Å². The molecule has 1 atom stereocenters. The van der Waals surface area contributed by atoms with Crippen molar-refractivity contribution in [2.24, 2.45) is 5.92 Å². The minimum absolute atomic E-state index is 0.0282. The lowest BCUT2D eigenvalue weighted by atomic mass is 9.99. The number of nitrogens with one attached hydrogen (secondary N) is 2. The third-order valence-electron chi connectivity index (χ3n) is 5.58.